The first-order valence-corrected chi connectivity index (χ1v) is 5.91. The van der Waals surface area contributed by atoms with E-state index < -0.39 is 0 Å². The van der Waals surface area contributed by atoms with Crippen LogP contribution in [0.3, 0.4) is 0 Å². The molecule has 1 unspecified atom stereocenters. The van der Waals surface area contributed by atoms with Crippen LogP contribution in [0.25, 0.3) is 0 Å². The Morgan fingerprint density at radius 3 is 2.73 bits per heavy atom. The fraction of sp³-hybridized carbons (Fsp3) is 0.545. The minimum Gasteiger partial charge on any atom is -0.397 e. The first-order chi connectivity index (χ1) is 6.99. The van der Waals surface area contributed by atoms with E-state index >= 15 is 0 Å². The molecule has 1 aromatic rings. The topological polar surface area (TPSA) is 42.2 Å². The van der Waals surface area contributed by atoms with E-state index in [1.54, 1.807) is 6.20 Å². The predicted octanol–water partition coefficient (Wildman–Crippen LogP) is 2.97. The molecule has 2 N–H and O–H groups in total. The Morgan fingerprint density at radius 1 is 1.60 bits per heavy atom. The summed E-state index contributed by atoms with van der Waals surface area (Å²) in [7, 11) is 2.05. The molecule has 0 saturated heterocycles. The molecule has 0 radical (unpaired) electrons. The molecule has 0 spiro atoms. The lowest BCUT2D eigenvalue weighted by atomic mass is 10.2. The minimum atomic E-state index is 0.469. The number of nitrogen functional groups attached to an aromatic ring is 1. The highest BCUT2D eigenvalue weighted by Crippen LogP contribution is 2.30. The number of halogens is 1. The summed E-state index contributed by atoms with van der Waals surface area (Å²) in [6, 6.07) is 0.469. The zero-order valence-corrected chi connectivity index (χ0v) is 11.3. The van der Waals surface area contributed by atoms with Crippen LogP contribution in [0.1, 0.15) is 25.8 Å². The number of anilines is 2. The molecule has 0 saturated carbocycles. The summed E-state index contributed by atoms with van der Waals surface area (Å²) in [5.74, 6) is 0.955. The van der Waals surface area contributed by atoms with Crippen LogP contribution in [0.15, 0.2) is 10.7 Å². The molecule has 84 valence electrons. The molecular formula is C11H18BrN3. The van der Waals surface area contributed by atoms with Crippen molar-refractivity contribution in [2.24, 2.45) is 0 Å². The van der Waals surface area contributed by atoms with Crippen molar-refractivity contribution >= 4 is 27.4 Å². The Kier molecular flexibility index (Phi) is 3.97. The fourth-order valence-electron chi connectivity index (χ4n) is 1.31. The van der Waals surface area contributed by atoms with Gasteiger partial charge in [0.15, 0.2) is 0 Å². The standard InChI is InChI=1S/C11H18BrN3/c1-5-7(2)15(4)11-10(12)8(3)9(13)6-14-11/h6-7H,5,13H2,1-4H3. The van der Waals surface area contributed by atoms with E-state index in [1.165, 1.54) is 0 Å². The van der Waals surface area contributed by atoms with E-state index in [2.05, 4.69) is 46.7 Å². The summed E-state index contributed by atoms with van der Waals surface area (Å²) in [5, 5.41) is 0. The van der Waals surface area contributed by atoms with Crippen LogP contribution >= 0.6 is 15.9 Å². The lowest BCUT2D eigenvalue weighted by molar-refractivity contribution is 0.655. The second-order valence-corrected chi connectivity index (χ2v) is 4.64. The number of pyridine rings is 1. The first kappa shape index (κ1) is 12.3. The van der Waals surface area contributed by atoms with Crippen LogP contribution in [0.4, 0.5) is 11.5 Å². The highest BCUT2D eigenvalue weighted by Gasteiger charge is 2.14. The maximum atomic E-state index is 5.79. The van der Waals surface area contributed by atoms with E-state index in [0.717, 1.165) is 28.0 Å². The molecular weight excluding hydrogens is 254 g/mol. The van der Waals surface area contributed by atoms with Crippen LogP contribution in [-0.2, 0) is 0 Å². The summed E-state index contributed by atoms with van der Waals surface area (Å²) < 4.78 is 0.991. The van der Waals surface area contributed by atoms with Gasteiger partial charge in [-0.1, -0.05) is 6.92 Å². The van der Waals surface area contributed by atoms with Crippen molar-refractivity contribution in [2.75, 3.05) is 17.7 Å². The molecule has 0 amide bonds. The highest BCUT2D eigenvalue weighted by atomic mass is 79.9. The van der Waals surface area contributed by atoms with Gasteiger partial charge in [-0.25, -0.2) is 4.98 Å². The Labute approximate surface area is 99.8 Å². The Bertz CT molecular complexity index is 352. The second-order valence-electron chi connectivity index (χ2n) is 3.84. The quantitative estimate of drug-likeness (QED) is 0.919. The number of rotatable bonds is 3. The van der Waals surface area contributed by atoms with Crippen molar-refractivity contribution in [2.45, 2.75) is 33.2 Å². The molecule has 0 fully saturated rings. The molecule has 4 heteroatoms. The van der Waals surface area contributed by atoms with Crippen LogP contribution in [0.5, 0.6) is 0 Å². The molecule has 0 aliphatic heterocycles. The third kappa shape index (κ3) is 2.43. The molecule has 0 aliphatic rings. The van der Waals surface area contributed by atoms with Crippen LogP contribution < -0.4 is 10.6 Å². The normalized spacial score (nSPS) is 12.6. The number of hydrogen-bond donors (Lipinski definition) is 1. The smallest absolute Gasteiger partial charge is 0.143 e. The largest absolute Gasteiger partial charge is 0.397 e. The van der Waals surface area contributed by atoms with Gasteiger partial charge in [0.2, 0.25) is 0 Å². The summed E-state index contributed by atoms with van der Waals surface area (Å²) in [6.07, 6.45) is 2.81. The molecule has 1 heterocycles. The molecule has 1 aromatic heterocycles. The lowest BCUT2D eigenvalue weighted by Crippen LogP contribution is -2.29. The van der Waals surface area contributed by atoms with Crippen molar-refractivity contribution in [3.05, 3.63) is 16.2 Å². The van der Waals surface area contributed by atoms with Crippen LogP contribution in [0, 0.1) is 6.92 Å². The Morgan fingerprint density at radius 2 is 2.20 bits per heavy atom. The van der Waals surface area contributed by atoms with Crippen LogP contribution in [0.2, 0.25) is 0 Å². The monoisotopic (exact) mass is 271 g/mol. The molecule has 3 nitrogen and oxygen atoms in total. The summed E-state index contributed by atoms with van der Waals surface area (Å²) in [4.78, 5) is 6.52. The maximum absolute atomic E-state index is 5.79. The molecule has 0 aliphatic carbocycles. The van der Waals surface area contributed by atoms with Gasteiger partial charge in [0.05, 0.1) is 16.4 Å². The Hall–Kier alpha value is -0.770. The number of aromatic nitrogens is 1. The Balaban J connectivity index is 3.10. The minimum absolute atomic E-state index is 0.469. The van der Waals surface area contributed by atoms with Crippen molar-refractivity contribution < 1.29 is 0 Å². The molecule has 0 aromatic carbocycles. The van der Waals surface area contributed by atoms with E-state index in [1.807, 2.05) is 6.92 Å². The van der Waals surface area contributed by atoms with Gasteiger partial charge in [-0.2, -0.15) is 0 Å². The zero-order chi connectivity index (χ0) is 11.6. The van der Waals surface area contributed by atoms with Crippen molar-refractivity contribution in [3.8, 4) is 0 Å². The van der Waals surface area contributed by atoms with E-state index in [-0.39, 0.29) is 0 Å². The van der Waals surface area contributed by atoms with Crippen molar-refractivity contribution in [1.82, 2.24) is 4.98 Å². The average Bonchev–Trinajstić information content (AvgIpc) is 2.24. The molecule has 15 heavy (non-hydrogen) atoms. The maximum Gasteiger partial charge on any atom is 0.143 e. The van der Waals surface area contributed by atoms with Gasteiger partial charge >= 0.3 is 0 Å². The van der Waals surface area contributed by atoms with E-state index in [0.29, 0.717) is 6.04 Å². The fourth-order valence-corrected chi connectivity index (χ4v) is 1.92. The average molecular weight is 272 g/mol. The van der Waals surface area contributed by atoms with Gasteiger partial charge in [-0.05, 0) is 41.8 Å². The summed E-state index contributed by atoms with van der Waals surface area (Å²) in [6.45, 7) is 6.34. The van der Waals surface area contributed by atoms with Gasteiger partial charge in [0, 0.05) is 13.1 Å². The van der Waals surface area contributed by atoms with Crippen LogP contribution in [-0.4, -0.2) is 18.1 Å². The predicted molar refractivity (Wildman–Crippen MR) is 69.2 cm³/mol. The molecule has 0 bridgehead atoms. The van der Waals surface area contributed by atoms with E-state index in [9.17, 15) is 0 Å². The van der Waals surface area contributed by atoms with Gasteiger partial charge in [-0.15, -0.1) is 0 Å². The lowest BCUT2D eigenvalue weighted by Gasteiger charge is -2.26. The first-order valence-electron chi connectivity index (χ1n) is 5.12. The second kappa shape index (κ2) is 4.84. The molecule has 1 atom stereocenters. The highest BCUT2D eigenvalue weighted by molar-refractivity contribution is 9.10. The summed E-state index contributed by atoms with van der Waals surface area (Å²) >= 11 is 3.54. The number of hydrogen-bond acceptors (Lipinski definition) is 3. The van der Waals surface area contributed by atoms with Gasteiger partial charge < -0.3 is 10.6 Å². The van der Waals surface area contributed by atoms with E-state index in [4.69, 9.17) is 5.73 Å². The number of nitrogens with two attached hydrogens (primary N) is 1. The van der Waals surface area contributed by atoms with Gasteiger partial charge in [0.1, 0.15) is 5.82 Å². The van der Waals surface area contributed by atoms with Crippen molar-refractivity contribution in [3.63, 3.8) is 0 Å². The third-order valence-electron chi connectivity index (χ3n) is 2.87. The molecule has 1 rings (SSSR count). The van der Waals surface area contributed by atoms with Crippen molar-refractivity contribution in [1.29, 1.82) is 0 Å². The number of nitrogens with zero attached hydrogens (tertiary/aromatic N) is 2. The summed E-state index contributed by atoms with van der Waals surface area (Å²) in [5.41, 5.74) is 7.56. The van der Waals surface area contributed by atoms with Gasteiger partial charge in [0.25, 0.3) is 0 Å². The SMILES string of the molecule is CCC(C)N(C)c1ncc(N)c(C)c1Br. The zero-order valence-electron chi connectivity index (χ0n) is 9.71. The third-order valence-corrected chi connectivity index (χ3v) is 3.82. The van der Waals surface area contributed by atoms with Gasteiger partial charge in [-0.3, -0.25) is 0 Å².